The number of hydrogen-bond donors (Lipinski definition) is 1. The average Bonchev–Trinajstić information content (AvgIpc) is 2.69. The molecule has 0 unspecified atom stereocenters. The van der Waals surface area contributed by atoms with Gasteiger partial charge in [-0.2, -0.15) is 0 Å². The Balaban J connectivity index is 1.92. The van der Waals surface area contributed by atoms with Crippen LogP contribution >= 0.6 is 0 Å². The zero-order valence-electron chi connectivity index (χ0n) is 11.5. The second-order valence-corrected chi connectivity index (χ2v) is 5.53. The van der Waals surface area contributed by atoms with Crippen molar-refractivity contribution in [2.45, 2.75) is 24.9 Å². The smallest absolute Gasteiger partial charge is 0.255 e. The molecular weight excluding hydrogens is 256 g/mol. The van der Waals surface area contributed by atoms with Crippen LogP contribution in [0.3, 0.4) is 0 Å². The number of nitrogens with zero attached hydrogens (tertiary/aromatic N) is 1. The van der Waals surface area contributed by atoms with Crippen LogP contribution in [0.2, 0.25) is 0 Å². The molecule has 0 aliphatic carbocycles. The van der Waals surface area contributed by atoms with Gasteiger partial charge >= 0.3 is 0 Å². The van der Waals surface area contributed by atoms with E-state index >= 15 is 0 Å². The number of benzene rings is 1. The molecule has 2 aliphatic rings. The van der Waals surface area contributed by atoms with Crippen LogP contribution in [0.25, 0.3) is 0 Å². The zero-order chi connectivity index (χ0) is 14.2. The molecule has 2 aliphatic heterocycles. The summed E-state index contributed by atoms with van der Waals surface area (Å²) in [6, 6.07) is 7.26. The van der Waals surface area contributed by atoms with Crippen molar-refractivity contribution in [2.24, 2.45) is 0 Å². The Morgan fingerprint density at radius 3 is 2.90 bits per heavy atom. The first kappa shape index (κ1) is 13.0. The first-order chi connectivity index (χ1) is 9.60. The maximum absolute atomic E-state index is 12.1. The number of carbonyl (C=O) groups is 2. The van der Waals surface area contributed by atoms with Crippen molar-refractivity contribution < 1.29 is 14.3 Å². The highest BCUT2D eigenvalue weighted by Crippen LogP contribution is 2.32. The number of amides is 2. The molecular formula is C15H18N2O3. The molecule has 1 N–H and O–H groups in total. The van der Waals surface area contributed by atoms with E-state index in [1.807, 2.05) is 25.2 Å². The van der Waals surface area contributed by atoms with Crippen molar-refractivity contribution in [3.05, 3.63) is 29.8 Å². The molecule has 5 heteroatoms. The fourth-order valence-corrected chi connectivity index (χ4v) is 2.77. The molecule has 0 saturated carbocycles. The minimum atomic E-state index is -0.483. The van der Waals surface area contributed by atoms with E-state index in [4.69, 9.17) is 4.74 Å². The summed E-state index contributed by atoms with van der Waals surface area (Å²) in [5, 5.41) is 2.92. The van der Waals surface area contributed by atoms with Crippen molar-refractivity contribution >= 4 is 11.8 Å². The van der Waals surface area contributed by atoms with Crippen LogP contribution < -0.4 is 10.1 Å². The third kappa shape index (κ3) is 2.24. The van der Waals surface area contributed by atoms with Gasteiger partial charge in [-0.15, -0.1) is 0 Å². The van der Waals surface area contributed by atoms with E-state index in [0.717, 1.165) is 6.42 Å². The summed E-state index contributed by atoms with van der Waals surface area (Å²) >= 11 is 0. The Hall–Kier alpha value is -2.04. The molecule has 106 valence electrons. The van der Waals surface area contributed by atoms with Crippen molar-refractivity contribution in [1.82, 2.24) is 10.2 Å². The topological polar surface area (TPSA) is 58.6 Å². The first-order valence-corrected chi connectivity index (χ1v) is 6.90. The fourth-order valence-electron chi connectivity index (χ4n) is 2.77. The minimum absolute atomic E-state index is 0.110. The molecule has 1 spiro atoms. The van der Waals surface area contributed by atoms with Gasteiger partial charge in [-0.05, 0) is 18.6 Å². The quantitative estimate of drug-likeness (QED) is 0.773. The van der Waals surface area contributed by atoms with E-state index in [1.165, 1.54) is 0 Å². The molecule has 1 fully saturated rings. The normalized spacial score (nSPS) is 26.4. The van der Waals surface area contributed by atoms with Crippen molar-refractivity contribution in [3.8, 4) is 5.75 Å². The fraction of sp³-hybridized carbons (Fsp3) is 0.467. The van der Waals surface area contributed by atoms with Crippen LogP contribution in [0.15, 0.2) is 24.3 Å². The van der Waals surface area contributed by atoms with Gasteiger partial charge in [-0.25, -0.2) is 0 Å². The summed E-state index contributed by atoms with van der Waals surface area (Å²) in [7, 11) is 1.81. The Kier molecular flexibility index (Phi) is 3.12. The lowest BCUT2D eigenvalue weighted by molar-refractivity contribution is -0.129. The molecule has 2 heterocycles. The Bertz CT molecular complexity index is 554. The van der Waals surface area contributed by atoms with E-state index in [2.05, 4.69) is 5.32 Å². The monoisotopic (exact) mass is 274 g/mol. The van der Waals surface area contributed by atoms with Gasteiger partial charge in [0.2, 0.25) is 5.91 Å². The molecule has 1 aromatic carbocycles. The number of nitrogens with one attached hydrogen (secondary N) is 1. The molecule has 5 nitrogen and oxygen atoms in total. The molecule has 20 heavy (non-hydrogen) atoms. The van der Waals surface area contributed by atoms with E-state index in [0.29, 0.717) is 37.2 Å². The number of para-hydroxylation sites is 1. The maximum atomic E-state index is 12.1. The largest absolute Gasteiger partial charge is 0.485 e. The highest BCUT2D eigenvalue weighted by Gasteiger charge is 2.39. The second-order valence-electron chi connectivity index (χ2n) is 5.53. The van der Waals surface area contributed by atoms with Crippen LogP contribution in [0.1, 0.15) is 29.6 Å². The van der Waals surface area contributed by atoms with Crippen molar-refractivity contribution in [2.75, 3.05) is 20.1 Å². The van der Waals surface area contributed by atoms with Gasteiger partial charge in [0, 0.05) is 26.4 Å². The molecule has 1 aromatic rings. The predicted molar refractivity (Wildman–Crippen MR) is 73.6 cm³/mol. The highest BCUT2D eigenvalue weighted by atomic mass is 16.5. The Morgan fingerprint density at radius 1 is 1.25 bits per heavy atom. The summed E-state index contributed by atoms with van der Waals surface area (Å²) in [6.45, 7) is 1.10. The van der Waals surface area contributed by atoms with E-state index in [9.17, 15) is 9.59 Å². The number of hydrogen-bond acceptors (Lipinski definition) is 3. The molecule has 0 bridgehead atoms. The number of fused-ring (bicyclic) bond motifs is 1. The van der Waals surface area contributed by atoms with Gasteiger partial charge in [0.05, 0.1) is 12.1 Å². The number of carbonyl (C=O) groups excluding carboxylic acids is 2. The number of likely N-dealkylation sites (tertiary alicyclic amines) is 1. The third-order valence-electron chi connectivity index (χ3n) is 4.15. The van der Waals surface area contributed by atoms with E-state index in [1.54, 1.807) is 11.0 Å². The molecule has 0 radical (unpaired) electrons. The molecule has 3 rings (SSSR count). The van der Waals surface area contributed by atoms with Crippen LogP contribution in [0.4, 0.5) is 0 Å². The van der Waals surface area contributed by atoms with Gasteiger partial charge in [0.25, 0.3) is 5.91 Å². The Labute approximate surface area is 117 Å². The highest BCUT2D eigenvalue weighted by molar-refractivity contribution is 5.97. The second kappa shape index (κ2) is 4.81. The minimum Gasteiger partial charge on any atom is -0.485 e. The van der Waals surface area contributed by atoms with Crippen molar-refractivity contribution in [1.29, 1.82) is 0 Å². The third-order valence-corrected chi connectivity index (χ3v) is 4.15. The van der Waals surface area contributed by atoms with Crippen LogP contribution in [0.5, 0.6) is 5.75 Å². The van der Waals surface area contributed by atoms with Crippen LogP contribution in [0, 0.1) is 0 Å². The predicted octanol–water partition coefficient (Wildman–Crippen LogP) is 1.19. The van der Waals surface area contributed by atoms with Gasteiger partial charge in [0.1, 0.15) is 11.4 Å². The standard InChI is InChI=1S/C15H18N2O3/c1-17-9-8-15(7-6-13(17)18)10-16-14(19)11-4-2-3-5-12(11)20-15/h2-5H,6-10H2,1H3,(H,16,19)/t15-/m0/s1. The summed E-state index contributed by atoms with van der Waals surface area (Å²) < 4.78 is 6.17. The summed E-state index contributed by atoms with van der Waals surface area (Å²) in [5.74, 6) is 0.634. The Morgan fingerprint density at radius 2 is 2.05 bits per heavy atom. The molecule has 2 amide bonds. The number of rotatable bonds is 0. The summed E-state index contributed by atoms with van der Waals surface area (Å²) in [5.41, 5.74) is 0.0798. The average molecular weight is 274 g/mol. The zero-order valence-corrected chi connectivity index (χ0v) is 11.5. The number of ether oxygens (including phenoxy) is 1. The SMILES string of the molecule is CN1CC[C@@]2(CCC1=O)CNC(=O)c1ccccc1O2. The van der Waals surface area contributed by atoms with Gasteiger partial charge in [0.15, 0.2) is 0 Å². The first-order valence-electron chi connectivity index (χ1n) is 6.90. The van der Waals surface area contributed by atoms with E-state index < -0.39 is 5.60 Å². The maximum Gasteiger partial charge on any atom is 0.255 e. The summed E-state index contributed by atoms with van der Waals surface area (Å²) in [6.07, 6.45) is 1.81. The van der Waals surface area contributed by atoms with Gasteiger partial charge < -0.3 is 15.0 Å². The molecule has 1 atom stereocenters. The lowest BCUT2D eigenvalue weighted by Crippen LogP contribution is -2.45. The van der Waals surface area contributed by atoms with Gasteiger partial charge in [-0.1, -0.05) is 12.1 Å². The van der Waals surface area contributed by atoms with Crippen molar-refractivity contribution in [3.63, 3.8) is 0 Å². The van der Waals surface area contributed by atoms with Crippen LogP contribution in [-0.4, -0.2) is 42.5 Å². The van der Waals surface area contributed by atoms with Crippen LogP contribution in [-0.2, 0) is 4.79 Å². The lowest BCUT2D eigenvalue weighted by atomic mass is 9.94. The van der Waals surface area contributed by atoms with Gasteiger partial charge in [-0.3, -0.25) is 9.59 Å². The summed E-state index contributed by atoms with van der Waals surface area (Å²) in [4.78, 5) is 25.6. The van der Waals surface area contributed by atoms with E-state index in [-0.39, 0.29) is 11.8 Å². The molecule has 1 saturated heterocycles. The lowest BCUT2D eigenvalue weighted by Gasteiger charge is -2.31. The molecule has 0 aromatic heterocycles.